The van der Waals surface area contributed by atoms with Gasteiger partial charge in [0.15, 0.2) is 19.6 Å². The van der Waals surface area contributed by atoms with Crippen LogP contribution >= 0.6 is 0 Å². The molecular weight excluding hydrogens is 386 g/mol. The van der Waals surface area contributed by atoms with E-state index in [1.54, 1.807) is 12.0 Å². The fourth-order valence-corrected chi connectivity index (χ4v) is 11.3. The molecule has 2 fully saturated rings. The van der Waals surface area contributed by atoms with Crippen molar-refractivity contribution in [2.24, 2.45) is 0 Å². The van der Waals surface area contributed by atoms with Crippen LogP contribution in [0.4, 0.5) is 4.79 Å². The summed E-state index contributed by atoms with van der Waals surface area (Å²) in [6, 6.07) is -0.181. The molecule has 0 N–H and O–H groups in total. The first kappa shape index (κ1) is 24.3. The van der Waals surface area contributed by atoms with E-state index in [1.165, 1.54) is 0 Å². The van der Waals surface area contributed by atoms with E-state index >= 15 is 0 Å². The van der Waals surface area contributed by atoms with Crippen LogP contribution in [0.25, 0.3) is 0 Å². The maximum atomic E-state index is 13.2. The summed E-state index contributed by atoms with van der Waals surface area (Å²) >= 11 is 0. The van der Waals surface area contributed by atoms with Crippen molar-refractivity contribution in [2.45, 2.75) is 115 Å². The first-order valence-corrected chi connectivity index (χ1v) is 13.1. The molecule has 0 radical (unpaired) electrons. The fourth-order valence-electron chi connectivity index (χ4n) is 5.80. The van der Waals surface area contributed by atoms with Crippen LogP contribution in [0.5, 0.6) is 0 Å². The van der Waals surface area contributed by atoms with Crippen LogP contribution in [0.2, 0.25) is 16.6 Å². The van der Waals surface area contributed by atoms with Crippen LogP contribution in [0, 0.1) is 0 Å². The Kier molecular flexibility index (Phi) is 6.98. The summed E-state index contributed by atoms with van der Waals surface area (Å²) in [7, 11) is -0.593. The molecule has 0 unspecified atom stereocenters. The predicted molar refractivity (Wildman–Crippen MR) is 117 cm³/mol. The molecule has 0 aromatic rings. The van der Waals surface area contributed by atoms with Gasteiger partial charge in [0.05, 0.1) is 12.7 Å². The molecule has 0 aromatic heterocycles. The van der Waals surface area contributed by atoms with Gasteiger partial charge in [-0.2, -0.15) is 0 Å². The molecule has 2 saturated heterocycles. The SMILES string of the molecule is CO[C@H]1C[C@H]2CC(=O)[C@]1(CO[Si](C(C)C)(C(C)C)C(C)C)N2C(=O)OC(C)(C)C. The number of methoxy groups -OCH3 is 1. The predicted octanol–water partition coefficient (Wildman–Crippen LogP) is 4.91. The van der Waals surface area contributed by atoms with Gasteiger partial charge in [0, 0.05) is 19.6 Å². The number of Topliss-reactive ketones (excluding diaryl/α,β-unsaturated/α-hetero) is 1. The van der Waals surface area contributed by atoms with Crippen molar-refractivity contribution in [1.29, 1.82) is 0 Å². The van der Waals surface area contributed by atoms with Gasteiger partial charge < -0.3 is 13.9 Å². The van der Waals surface area contributed by atoms with Gasteiger partial charge in [0.25, 0.3) is 0 Å². The summed E-state index contributed by atoms with van der Waals surface area (Å²) in [6.07, 6.45) is 0.189. The monoisotopic (exact) mass is 427 g/mol. The molecule has 168 valence electrons. The quantitative estimate of drug-likeness (QED) is 0.540. The van der Waals surface area contributed by atoms with Crippen molar-refractivity contribution in [3.8, 4) is 0 Å². The number of rotatable bonds is 7. The fraction of sp³-hybridized carbons (Fsp3) is 0.909. The second kappa shape index (κ2) is 8.31. The zero-order valence-corrected chi connectivity index (χ0v) is 21.0. The lowest BCUT2D eigenvalue weighted by Crippen LogP contribution is -2.62. The van der Waals surface area contributed by atoms with E-state index in [-0.39, 0.29) is 24.5 Å². The Morgan fingerprint density at radius 2 is 1.66 bits per heavy atom. The lowest BCUT2D eigenvalue weighted by atomic mass is 9.84. The average Bonchev–Trinajstić information content (AvgIpc) is 3.01. The van der Waals surface area contributed by atoms with Gasteiger partial charge in [-0.15, -0.1) is 0 Å². The summed E-state index contributed by atoms with van der Waals surface area (Å²) in [5.74, 6) is 0.0330. The molecule has 3 atom stereocenters. The lowest BCUT2D eigenvalue weighted by Gasteiger charge is -2.46. The van der Waals surface area contributed by atoms with Crippen molar-refractivity contribution in [3.05, 3.63) is 0 Å². The molecule has 0 spiro atoms. The maximum absolute atomic E-state index is 13.2. The minimum absolute atomic E-state index is 0.0330. The van der Waals surface area contributed by atoms with E-state index in [9.17, 15) is 9.59 Å². The van der Waals surface area contributed by atoms with Crippen LogP contribution < -0.4 is 0 Å². The first-order valence-electron chi connectivity index (χ1n) is 11.0. The minimum Gasteiger partial charge on any atom is -0.444 e. The number of ketones is 1. The standard InChI is InChI=1S/C22H41NO5Si/c1-14(2)29(15(3)4,16(5)6)27-13-22-18(24)11-17(12-19(22)26-10)23(22)20(25)28-21(7,8)9/h14-17,19H,11-13H2,1-10H3/t17-,19+,22+/m1/s1. The average molecular weight is 428 g/mol. The zero-order valence-electron chi connectivity index (χ0n) is 20.0. The molecule has 6 nitrogen and oxygen atoms in total. The molecule has 0 aliphatic carbocycles. The highest BCUT2D eigenvalue weighted by atomic mass is 28.4. The Labute approximate surface area is 177 Å². The zero-order chi connectivity index (χ0) is 22.4. The number of hydrogen-bond donors (Lipinski definition) is 0. The molecule has 2 heterocycles. The van der Waals surface area contributed by atoms with Crippen LogP contribution in [-0.4, -0.2) is 62.1 Å². The Bertz CT molecular complexity index is 605. The highest BCUT2D eigenvalue weighted by Gasteiger charge is 2.67. The van der Waals surface area contributed by atoms with Crippen LogP contribution in [0.15, 0.2) is 0 Å². The highest BCUT2D eigenvalue weighted by molar-refractivity contribution is 6.77. The van der Waals surface area contributed by atoms with Gasteiger partial charge in [-0.25, -0.2) is 4.79 Å². The van der Waals surface area contributed by atoms with Gasteiger partial charge in [-0.1, -0.05) is 41.5 Å². The third-order valence-corrected chi connectivity index (χ3v) is 12.9. The van der Waals surface area contributed by atoms with E-state index in [0.29, 0.717) is 29.5 Å². The molecule has 2 aliphatic heterocycles. The third kappa shape index (κ3) is 4.02. The smallest absolute Gasteiger partial charge is 0.411 e. The summed E-state index contributed by atoms with van der Waals surface area (Å²) in [4.78, 5) is 28.0. The van der Waals surface area contributed by atoms with Crippen molar-refractivity contribution >= 4 is 20.2 Å². The summed E-state index contributed by atoms with van der Waals surface area (Å²) in [6.45, 7) is 19.0. The second-order valence-corrected chi connectivity index (χ2v) is 16.1. The normalized spacial score (nSPS) is 27.6. The van der Waals surface area contributed by atoms with E-state index in [0.717, 1.165) is 0 Å². The van der Waals surface area contributed by atoms with E-state index < -0.39 is 25.6 Å². The van der Waals surface area contributed by atoms with Gasteiger partial charge >= 0.3 is 6.09 Å². The van der Waals surface area contributed by atoms with E-state index in [4.69, 9.17) is 13.9 Å². The Morgan fingerprint density at radius 1 is 1.14 bits per heavy atom. The van der Waals surface area contributed by atoms with Gasteiger partial charge in [0.1, 0.15) is 5.60 Å². The van der Waals surface area contributed by atoms with E-state index in [2.05, 4.69) is 41.5 Å². The largest absolute Gasteiger partial charge is 0.444 e. The van der Waals surface area contributed by atoms with Crippen LogP contribution in [0.3, 0.4) is 0 Å². The number of nitrogens with zero attached hydrogens (tertiary/aromatic N) is 1. The topological polar surface area (TPSA) is 65.1 Å². The molecule has 2 aliphatic rings. The van der Waals surface area contributed by atoms with Gasteiger partial charge in [0.2, 0.25) is 0 Å². The van der Waals surface area contributed by atoms with Crippen molar-refractivity contribution < 1.29 is 23.5 Å². The number of fused-ring (bicyclic) bond motifs is 2. The van der Waals surface area contributed by atoms with Crippen molar-refractivity contribution in [3.63, 3.8) is 0 Å². The Morgan fingerprint density at radius 3 is 2.07 bits per heavy atom. The van der Waals surface area contributed by atoms with Crippen molar-refractivity contribution in [1.82, 2.24) is 4.90 Å². The molecule has 29 heavy (non-hydrogen) atoms. The maximum Gasteiger partial charge on any atom is 0.411 e. The number of ether oxygens (including phenoxy) is 2. The van der Waals surface area contributed by atoms with E-state index in [1.807, 2.05) is 20.8 Å². The van der Waals surface area contributed by atoms with Gasteiger partial charge in [-0.3, -0.25) is 9.69 Å². The summed E-state index contributed by atoms with van der Waals surface area (Å²) < 4.78 is 18.2. The van der Waals surface area contributed by atoms with Gasteiger partial charge in [-0.05, 0) is 43.8 Å². The Hall–Kier alpha value is -0.923. The number of carbonyl (C=O) groups excluding carboxylic acids is 2. The first-order chi connectivity index (χ1) is 13.2. The summed E-state index contributed by atoms with van der Waals surface area (Å²) in [5.41, 5.74) is -0.534. The molecule has 0 saturated carbocycles. The highest BCUT2D eigenvalue weighted by Crippen LogP contribution is 2.49. The molecule has 7 heteroatoms. The molecular formula is C22H41NO5Si. The molecule has 2 rings (SSSR count). The number of hydrogen-bond acceptors (Lipinski definition) is 5. The van der Waals surface area contributed by atoms with Crippen LogP contribution in [-0.2, 0) is 18.7 Å². The lowest BCUT2D eigenvalue weighted by molar-refractivity contribution is -0.134. The second-order valence-electron chi connectivity index (χ2n) is 10.6. The number of amides is 1. The number of carbonyl (C=O) groups is 2. The third-order valence-electron chi connectivity index (χ3n) is 6.84. The molecule has 1 amide bonds. The Balaban J connectivity index is 2.43. The summed E-state index contributed by atoms with van der Waals surface area (Å²) in [5, 5.41) is 0. The van der Waals surface area contributed by atoms with Crippen LogP contribution in [0.1, 0.15) is 75.2 Å². The molecule has 2 bridgehead atoms. The molecule has 0 aromatic carbocycles. The minimum atomic E-state index is -2.21. The van der Waals surface area contributed by atoms with Crippen molar-refractivity contribution in [2.75, 3.05) is 13.7 Å².